The van der Waals surface area contributed by atoms with E-state index in [-0.39, 0.29) is 31.9 Å². The van der Waals surface area contributed by atoms with Gasteiger partial charge in [0.15, 0.2) is 0 Å². The third-order valence-corrected chi connectivity index (χ3v) is 6.68. The van der Waals surface area contributed by atoms with Crippen molar-refractivity contribution < 1.29 is 33.0 Å². The number of aliphatic carboxylic acids is 1. The zero-order chi connectivity index (χ0) is 25.4. The van der Waals surface area contributed by atoms with Gasteiger partial charge in [-0.2, -0.15) is 0 Å². The smallest absolute Gasteiger partial charge is 0.407 e. The third kappa shape index (κ3) is 5.28. The molecule has 0 aliphatic heterocycles. The van der Waals surface area contributed by atoms with E-state index in [4.69, 9.17) is 4.74 Å². The first-order chi connectivity index (χ1) is 16.5. The number of carboxylic acid groups (broad SMARTS) is 1. The average Bonchev–Trinajstić information content (AvgIpc) is 3.08. The summed E-state index contributed by atoms with van der Waals surface area (Å²) in [6.45, 7) is 1.69. The normalized spacial score (nSPS) is 17.9. The van der Waals surface area contributed by atoms with E-state index in [0.717, 1.165) is 22.3 Å². The number of nitrogens with one attached hydrogen (secondary N) is 1. The SMILES string of the molecule is CN(CC1(C)CC(F)(F)C1)C(=O)C(CC(=O)O)NC(=O)OCC1c2ccccc2-c2ccccc21. The molecule has 7 nitrogen and oxygen atoms in total. The first kappa shape index (κ1) is 24.6. The second kappa shape index (κ2) is 9.28. The molecule has 0 heterocycles. The molecule has 2 aromatic rings. The van der Waals surface area contributed by atoms with Gasteiger partial charge in [0.1, 0.15) is 12.6 Å². The molecule has 1 fully saturated rings. The Balaban J connectivity index is 1.39. The molecule has 0 radical (unpaired) electrons. The number of alkyl carbamates (subject to hydrolysis) is 1. The van der Waals surface area contributed by atoms with Crippen LogP contribution in [0.2, 0.25) is 0 Å². The second-order valence-corrected chi connectivity index (χ2v) is 9.83. The van der Waals surface area contributed by atoms with E-state index in [1.54, 1.807) is 6.92 Å². The number of carboxylic acids is 1. The van der Waals surface area contributed by atoms with Crippen LogP contribution in [0.3, 0.4) is 0 Å². The largest absolute Gasteiger partial charge is 0.481 e. The number of benzene rings is 2. The summed E-state index contributed by atoms with van der Waals surface area (Å²) in [5, 5.41) is 11.6. The fraction of sp³-hybridized carbons (Fsp3) is 0.423. The van der Waals surface area contributed by atoms with Crippen molar-refractivity contribution in [2.75, 3.05) is 20.2 Å². The van der Waals surface area contributed by atoms with Gasteiger partial charge in [0.2, 0.25) is 11.8 Å². The predicted molar refractivity (Wildman–Crippen MR) is 124 cm³/mol. The predicted octanol–water partition coefficient (Wildman–Crippen LogP) is 4.26. The number of fused-ring (bicyclic) bond motifs is 3. The fourth-order valence-corrected chi connectivity index (χ4v) is 5.38. The Kier molecular flexibility index (Phi) is 6.53. The zero-order valence-electron chi connectivity index (χ0n) is 19.6. The minimum Gasteiger partial charge on any atom is -0.481 e. The summed E-state index contributed by atoms with van der Waals surface area (Å²) >= 11 is 0. The first-order valence-corrected chi connectivity index (χ1v) is 11.4. The van der Waals surface area contributed by atoms with Crippen molar-refractivity contribution in [2.24, 2.45) is 5.41 Å². The van der Waals surface area contributed by atoms with Crippen molar-refractivity contribution in [3.05, 3.63) is 59.7 Å². The summed E-state index contributed by atoms with van der Waals surface area (Å²) in [7, 11) is 1.41. The summed E-state index contributed by atoms with van der Waals surface area (Å²) in [4.78, 5) is 38.0. The minimum atomic E-state index is -2.75. The molecular formula is C26H28F2N2O5. The molecular weight excluding hydrogens is 458 g/mol. The molecule has 0 spiro atoms. The highest BCUT2D eigenvalue weighted by Crippen LogP contribution is 2.52. The van der Waals surface area contributed by atoms with Crippen molar-refractivity contribution in [2.45, 2.75) is 44.1 Å². The Morgan fingerprint density at radius 1 is 1.09 bits per heavy atom. The molecule has 0 aromatic heterocycles. The number of hydrogen-bond acceptors (Lipinski definition) is 4. The summed E-state index contributed by atoms with van der Waals surface area (Å²) in [5.41, 5.74) is 3.40. The number of halogens is 2. The van der Waals surface area contributed by atoms with Crippen LogP contribution in [0.1, 0.15) is 43.2 Å². The zero-order valence-corrected chi connectivity index (χ0v) is 19.6. The van der Waals surface area contributed by atoms with Gasteiger partial charge in [-0.3, -0.25) is 9.59 Å². The maximum Gasteiger partial charge on any atom is 0.407 e. The van der Waals surface area contributed by atoms with E-state index in [9.17, 15) is 28.3 Å². The Morgan fingerprint density at radius 2 is 1.63 bits per heavy atom. The summed E-state index contributed by atoms with van der Waals surface area (Å²) in [5.74, 6) is -4.89. The maximum absolute atomic E-state index is 13.3. The molecule has 1 saturated carbocycles. The van der Waals surface area contributed by atoms with Gasteiger partial charge in [0.25, 0.3) is 0 Å². The monoisotopic (exact) mass is 486 g/mol. The number of carbonyl (C=O) groups is 3. The number of carbonyl (C=O) groups excluding carboxylic acids is 2. The maximum atomic E-state index is 13.3. The van der Waals surface area contributed by atoms with Crippen LogP contribution in [-0.4, -0.2) is 60.1 Å². The minimum absolute atomic E-state index is 0.0107. The molecule has 9 heteroatoms. The van der Waals surface area contributed by atoms with Gasteiger partial charge < -0.3 is 20.1 Å². The standard InChI is InChI=1S/C26H28F2N2O5/c1-25(13-26(27,28)14-25)15-30(2)23(33)21(11-22(31)32)29-24(34)35-12-20-18-9-5-3-7-16(18)17-8-4-6-10-19(17)20/h3-10,20-21H,11-15H2,1-2H3,(H,29,34)(H,31,32). The van der Waals surface area contributed by atoms with Gasteiger partial charge in [-0.05, 0) is 27.7 Å². The van der Waals surface area contributed by atoms with Crippen molar-refractivity contribution in [3.63, 3.8) is 0 Å². The second-order valence-electron chi connectivity index (χ2n) is 9.83. The molecule has 2 aliphatic rings. The van der Waals surface area contributed by atoms with E-state index >= 15 is 0 Å². The van der Waals surface area contributed by atoms with Gasteiger partial charge in [0.05, 0.1) is 6.42 Å². The van der Waals surface area contributed by atoms with Crippen LogP contribution in [0, 0.1) is 5.41 Å². The average molecular weight is 487 g/mol. The Bertz CT molecular complexity index is 1100. The molecule has 2 aromatic carbocycles. The van der Waals surface area contributed by atoms with Gasteiger partial charge in [-0.1, -0.05) is 55.5 Å². The molecule has 2 aliphatic carbocycles. The summed E-state index contributed by atoms with van der Waals surface area (Å²) < 4.78 is 32.1. The fourth-order valence-electron chi connectivity index (χ4n) is 5.38. The molecule has 2 amide bonds. The highest BCUT2D eigenvalue weighted by Gasteiger charge is 2.54. The van der Waals surface area contributed by atoms with Gasteiger partial charge >= 0.3 is 12.1 Å². The molecule has 1 atom stereocenters. The van der Waals surface area contributed by atoms with Crippen molar-refractivity contribution in [3.8, 4) is 11.1 Å². The molecule has 186 valence electrons. The number of alkyl halides is 2. The molecule has 2 N–H and O–H groups in total. The number of ether oxygens (including phenoxy) is 1. The number of hydrogen-bond donors (Lipinski definition) is 2. The van der Waals surface area contributed by atoms with E-state index in [0.29, 0.717) is 0 Å². The first-order valence-electron chi connectivity index (χ1n) is 11.4. The molecule has 35 heavy (non-hydrogen) atoms. The van der Waals surface area contributed by atoms with Crippen LogP contribution in [-0.2, 0) is 14.3 Å². The van der Waals surface area contributed by atoms with E-state index < -0.39 is 41.8 Å². The number of amides is 2. The third-order valence-electron chi connectivity index (χ3n) is 6.68. The van der Waals surface area contributed by atoms with Gasteiger partial charge in [-0.25, -0.2) is 13.6 Å². The lowest BCUT2D eigenvalue weighted by molar-refractivity contribution is -0.166. The van der Waals surface area contributed by atoms with E-state index in [1.807, 2.05) is 48.5 Å². The molecule has 4 rings (SSSR count). The Morgan fingerprint density at radius 3 is 2.14 bits per heavy atom. The topological polar surface area (TPSA) is 95.9 Å². The van der Waals surface area contributed by atoms with Crippen LogP contribution in [0.25, 0.3) is 11.1 Å². The summed E-state index contributed by atoms with van der Waals surface area (Å²) in [6, 6.07) is 14.3. The lowest BCUT2D eigenvalue weighted by atomic mass is 9.67. The number of rotatable bonds is 8. The van der Waals surface area contributed by atoms with Crippen molar-refractivity contribution >= 4 is 18.0 Å². The van der Waals surface area contributed by atoms with E-state index in [1.165, 1.54) is 11.9 Å². The van der Waals surface area contributed by atoms with Crippen LogP contribution in [0.4, 0.5) is 13.6 Å². The van der Waals surface area contributed by atoms with Crippen LogP contribution in [0.5, 0.6) is 0 Å². The summed E-state index contributed by atoms with van der Waals surface area (Å²) in [6.07, 6.45) is -2.26. The molecule has 0 bridgehead atoms. The Hall–Kier alpha value is -3.49. The van der Waals surface area contributed by atoms with Gasteiger partial charge in [0, 0.05) is 32.4 Å². The molecule has 0 saturated heterocycles. The highest BCUT2D eigenvalue weighted by molar-refractivity contribution is 5.89. The number of nitrogens with zero attached hydrogens (tertiary/aromatic N) is 1. The number of likely N-dealkylation sites (N-methyl/N-ethyl adjacent to an activating group) is 1. The van der Waals surface area contributed by atoms with Gasteiger partial charge in [-0.15, -0.1) is 0 Å². The van der Waals surface area contributed by atoms with Crippen molar-refractivity contribution in [1.29, 1.82) is 0 Å². The lowest BCUT2D eigenvalue weighted by Crippen LogP contribution is -2.54. The van der Waals surface area contributed by atoms with Crippen LogP contribution >= 0.6 is 0 Å². The highest BCUT2D eigenvalue weighted by atomic mass is 19.3. The molecule has 1 unspecified atom stereocenters. The van der Waals surface area contributed by atoms with Crippen LogP contribution < -0.4 is 5.32 Å². The Labute approximate surface area is 202 Å². The van der Waals surface area contributed by atoms with E-state index in [2.05, 4.69) is 5.32 Å². The quantitative estimate of drug-likeness (QED) is 0.581. The lowest BCUT2D eigenvalue weighted by Gasteiger charge is -2.46. The van der Waals surface area contributed by atoms with Crippen molar-refractivity contribution in [1.82, 2.24) is 10.2 Å². The van der Waals surface area contributed by atoms with Crippen LogP contribution in [0.15, 0.2) is 48.5 Å².